The number of amides is 4. The van der Waals surface area contributed by atoms with Crippen molar-refractivity contribution in [3.05, 3.63) is 41.7 Å². The summed E-state index contributed by atoms with van der Waals surface area (Å²) in [5.74, 6) is -0.0503. The Balaban J connectivity index is 1.45. The minimum atomic E-state index is -1.19. The Morgan fingerprint density at radius 3 is 2.31 bits per heavy atom. The summed E-state index contributed by atoms with van der Waals surface area (Å²) in [4.78, 5) is 65.8. The maximum absolute atomic E-state index is 13.4. The van der Waals surface area contributed by atoms with E-state index in [1.807, 2.05) is 26.2 Å². The van der Waals surface area contributed by atoms with Gasteiger partial charge in [0.25, 0.3) is 5.91 Å². The number of morpholine rings is 1. The molecule has 16 heteroatoms. The second-order valence-corrected chi connectivity index (χ2v) is 14.2. The summed E-state index contributed by atoms with van der Waals surface area (Å²) in [5.41, 5.74) is 1.76. The Labute approximate surface area is 318 Å². The molecule has 4 heterocycles. The van der Waals surface area contributed by atoms with Gasteiger partial charge in [0.1, 0.15) is 12.1 Å². The molecule has 54 heavy (non-hydrogen) atoms. The summed E-state index contributed by atoms with van der Waals surface area (Å²) in [6.45, 7) is 10.7. The van der Waals surface area contributed by atoms with Crippen LogP contribution in [0.2, 0.25) is 0 Å². The summed E-state index contributed by atoms with van der Waals surface area (Å²) in [6.07, 6.45) is 5.42. The molecule has 2 bridgehead atoms. The molecule has 16 nitrogen and oxygen atoms in total. The van der Waals surface area contributed by atoms with Crippen molar-refractivity contribution in [2.24, 2.45) is 5.92 Å². The Bertz CT molecular complexity index is 1500. The maximum Gasteiger partial charge on any atom is 0.257 e. The highest BCUT2D eigenvalue weighted by atomic mass is 16.5. The van der Waals surface area contributed by atoms with Gasteiger partial charge in [0, 0.05) is 63.6 Å². The third-order valence-electron chi connectivity index (χ3n) is 9.21. The highest BCUT2D eigenvalue weighted by Gasteiger charge is 2.30. The van der Waals surface area contributed by atoms with E-state index in [1.165, 1.54) is 14.0 Å². The van der Waals surface area contributed by atoms with E-state index in [2.05, 4.69) is 41.0 Å². The van der Waals surface area contributed by atoms with Crippen molar-refractivity contribution in [3.63, 3.8) is 0 Å². The summed E-state index contributed by atoms with van der Waals surface area (Å²) in [6, 6.07) is 3.17. The van der Waals surface area contributed by atoms with Crippen LogP contribution < -0.4 is 35.6 Å². The standard InChI is InChI=1S/C38H58N8O8/c1-26(2)20-30-36(50)44-35(27(3)47)37(51)40-12-5-6-14-45(24-29-22-41-38(42-23-29)46-16-18-53-19-17-46)15-7-13-39-34(49)25-54-31-10-8-28(21-32(31)52-4)9-11-33(48)43-30/h8,10,21-23,26-27,30,35,47H,5-7,9,11-20,24-25H2,1-4H3,(H,39,49)(H,40,51)(H,43,48)(H,44,50)/t27-,30-,35+/m1/s1. The molecule has 2 aromatic rings. The van der Waals surface area contributed by atoms with Crippen LogP contribution in [-0.2, 0) is 36.9 Å². The molecule has 298 valence electrons. The second kappa shape index (κ2) is 22.0. The molecule has 3 aliphatic rings. The number of carbonyl (C=O) groups excluding carboxylic acids is 4. The predicted molar refractivity (Wildman–Crippen MR) is 202 cm³/mol. The Hall–Kier alpha value is -4.54. The number of nitrogens with one attached hydrogen (secondary N) is 4. The monoisotopic (exact) mass is 754 g/mol. The first-order valence-corrected chi connectivity index (χ1v) is 19.0. The number of hydrogen-bond acceptors (Lipinski definition) is 12. The SMILES string of the molecule is COc1cc2ccc1OCC(=O)NCCCN(Cc1cnc(N3CCOCC3)nc1)CCCCNC(=O)[C@H]([C@@H](C)O)NC(=O)[C@@H](CC(C)C)NC(=O)CC2. The number of methoxy groups -OCH3 is 1. The first kappa shape index (κ1) is 42.2. The molecular weight excluding hydrogens is 696 g/mol. The van der Waals surface area contributed by atoms with Gasteiger partial charge in [0.05, 0.1) is 26.4 Å². The fourth-order valence-corrected chi connectivity index (χ4v) is 6.26. The molecule has 0 aliphatic carbocycles. The van der Waals surface area contributed by atoms with Gasteiger partial charge in [0.15, 0.2) is 18.1 Å². The minimum Gasteiger partial charge on any atom is -0.493 e. The van der Waals surface area contributed by atoms with Gasteiger partial charge in [-0.15, -0.1) is 0 Å². The average Bonchev–Trinajstić information content (AvgIpc) is 3.16. The molecule has 1 fully saturated rings. The molecule has 0 saturated carbocycles. The zero-order valence-electron chi connectivity index (χ0n) is 32.1. The van der Waals surface area contributed by atoms with E-state index >= 15 is 0 Å². The van der Waals surface area contributed by atoms with E-state index in [1.54, 1.807) is 18.2 Å². The normalized spacial score (nSPS) is 21.7. The molecule has 1 saturated heterocycles. The smallest absolute Gasteiger partial charge is 0.257 e. The molecular formula is C38H58N8O8. The van der Waals surface area contributed by atoms with Crippen LogP contribution in [0.5, 0.6) is 11.5 Å². The number of hydrogen-bond donors (Lipinski definition) is 5. The molecule has 1 aromatic heterocycles. The van der Waals surface area contributed by atoms with Crippen LogP contribution in [0.15, 0.2) is 30.6 Å². The minimum absolute atomic E-state index is 0.0700. The van der Waals surface area contributed by atoms with Crippen LogP contribution >= 0.6 is 0 Å². The molecule has 1 aromatic carbocycles. The molecule has 0 radical (unpaired) electrons. The molecule has 3 aliphatic heterocycles. The van der Waals surface area contributed by atoms with Crippen molar-refractivity contribution in [2.75, 3.05) is 71.1 Å². The third-order valence-corrected chi connectivity index (χ3v) is 9.21. The first-order valence-electron chi connectivity index (χ1n) is 19.0. The number of fused-ring (bicyclic) bond motifs is 23. The summed E-state index contributed by atoms with van der Waals surface area (Å²) in [5, 5.41) is 21.7. The summed E-state index contributed by atoms with van der Waals surface area (Å²) < 4.78 is 16.7. The van der Waals surface area contributed by atoms with E-state index < -0.39 is 30.0 Å². The maximum atomic E-state index is 13.4. The van der Waals surface area contributed by atoms with Crippen LogP contribution in [0, 0.1) is 5.92 Å². The van der Waals surface area contributed by atoms with Gasteiger partial charge in [-0.2, -0.15) is 0 Å². The predicted octanol–water partition coefficient (Wildman–Crippen LogP) is 0.948. The summed E-state index contributed by atoms with van der Waals surface area (Å²) >= 11 is 0. The van der Waals surface area contributed by atoms with Gasteiger partial charge in [-0.1, -0.05) is 19.9 Å². The molecule has 3 atom stereocenters. The van der Waals surface area contributed by atoms with Crippen molar-refractivity contribution in [2.45, 2.75) is 84.0 Å². The van der Waals surface area contributed by atoms with Gasteiger partial charge in [-0.25, -0.2) is 9.97 Å². The van der Waals surface area contributed by atoms with Gasteiger partial charge < -0.3 is 45.5 Å². The number of aromatic nitrogens is 2. The van der Waals surface area contributed by atoms with E-state index in [0.29, 0.717) is 89.1 Å². The zero-order valence-corrected chi connectivity index (χ0v) is 32.1. The quantitative estimate of drug-likeness (QED) is 0.252. The number of ether oxygens (including phenoxy) is 3. The highest BCUT2D eigenvalue weighted by Crippen LogP contribution is 2.28. The molecule has 5 rings (SSSR count). The third kappa shape index (κ3) is 14.0. The van der Waals surface area contributed by atoms with Crippen LogP contribution in [-0.4, -0.2) is 128 Å². The second-order valence-electron chi connectivity index (χ2n) is 14.2. The average molecular weight is 755 g/mol. The number of aliphatic hydroxyl groups is 1. The van der Waals surface area contributed by atoms with Crippen molar-refractivity contribution in [1.29, 1.82) is 0 Å². The Kier molecular flexibility index (Phi) is 17.2. The van der Waals surface area contributed by atoms with Crippen molar-refractivity contribution in [3.8, 4) is 11.5 Å². The van der Waals surface area contributed by atoms with E-state index in [-0.39, 0.29) is 30.8 Å². The van der Waals surface area contributed by atoms with Crippen molar-refractivity contribution in [1.82, 2.24) is 36.1 Å². The molecule has 0 unspecified atom stereocenters. The first-order chi connectivity index (χ1) is 26.0. The van der Waals surface area contributed by atoms with Gasteiger partial charge >= 0.3 is 0 Å². The lowest BCUT2D eigenvalue weighted by atomic mass is 10.0. The number of carbonyl (C=O) groups is 4. The highest BCUT2D eigenvalue weighted by molar-refractivity contribution is 5.92. The molecule has 0 spiro atoms. The number of anilines is 1. The van der Waals surface area contributed by atoms with E-state index in [0.717, 1.165) is 30.6 Å². The Morgan fingerprint density at radius 2 is 1.61 bits per heavy atom. The fraction of sp³-hybridized carbons (Fsp3) is 0.632. The molecule has 4 amide bonds. The van der Waals surface area contributed by atoms with E-state index in [9.17, 15) is 24.3 Å². The number of aryl methyl sites for hydroxylation is 1. The van der Waals surface area contributed by atoms with Crippen LogP contribution in [0.25, 0.3) is 0 Å². The topological polar surface area (TPSA) is 197 Å². The van der Waals surface area contributed by atoms with Crippen LogP contribution in [0.4, 0.5) is 5.95 Å². The summed E-state index contributed by atoms with van der Waals surface area (Å²) in [7, 11) is 1.50. The fourth-order valence-electron chi connectivity index (χ4n) is 6.26. The number of rotatable bonds is 7. The molecule has 5 N–H and O–H groups in total. The van der Waals surface area contributed by atoms with Gasteiger partial charge in [-0.3, -0.25) is 24.1 Å². The number of nitrogens with zero attached hydrogens (tertiary/aromatic N) is 4. The van der Waals surface area contributed by atoms with Gasteiger partial charge in [0.2, 0.25) is 23.7 Å². The lowest BCUT2D eigenvalue weighted by Gasteiger charge is -2.27. The van der Waals surface area contributed by atoms with E-state index in [4.69, 9.17) is 14.2 Å². The lowest BCUT2D eigenvalue weighted by Crippen LogP contribution is -2.57. The largest absolute Gasteiger partial charge is 0.493 e. The van der Waals surface area contributed by atoms with Crippen molar-refractivity contribution >= 4 is 29.6 Å². The van der Waals surface area contributed by atoms with Crippen LogP contribution in [0.3, 0.4) is 0 Å². The van der Waals surface area contributed by atoms with Crippen molar-refractivity contribution < 1.29 is 38.5 Å². The van der Waals surface area contributed by atoms with Crippen LogP contribution in [0.1, 0.15) is 64.0 Å². The number of benzene rings is 1. The lowest BCUT2D eigenvalue weighted by molar-refractivity contribution is -0.134. The van der Waals surface area contributed by atoms with Gasteiger partial charge in [-0.05, 0) is 69.2 Å². The zero-order chi connectivity index (χ0) is 38.9. The Morgan fingerprint density at radius 1 is 0.889 bits per heavy atom. The number of aliphatic hydroxyl groups excluding tert-OH is 1.